The van der Waals surface area contributed by atoms with Crippen molar-refractivity contribution in [1.82, 2.24) is 0 Å². The van der Waals surface area contributed by atoms with Gasteiger partial charge in [0.05, 0.1) is 0 Å². The number of nitrogens with zero attached hydrogens (tertiary/aromatic N) is 1. The van der Waals surface area contributed by atoms with Crippen LogP contribution < -0.4 is 10.6 Å². The molecule has 2 rings (SSSR count). The Labute approximate surface area is 133 Å². The summed E-state index contributed by atoms with van der Waals surface area (Å²) < 4.78 is 1.11. The van der Waals surface area contributed by atoms with Gasteiger partial charge in [-0.25, -0.2) is 0 Å². The Morgan fingerprint density at radius 2 is 2.15 bits per heavy atom. The van der Waals surface area contributed by atoms with E-state index in [0.717, 1.165) is 17.3 Å². The fourth-order valence-electron chi connectivity index (χ4n) is 2.35. The summed E-state index contributed by atoms with van der Waals surface area (Å²) in [6, 6.07) is 11.2. The highest BCUT2D eigenvalue weighted by Crippen LogP contribution is 2.26. The SMILES string of the molecule is CC(Cc1cccs1)N(C)c1ccc(Br)cc1CCN. The summed E-state index contributed by atoms with van der Waals surface area (Å²) >= 11 is 5.37. The van der Waals surface area contributed by atoms with Crippen molar-refractivity contribution in [2.45, 2.75) is 25.8 Å². The Hall–Kier alpha value is -0.840. The molecule has 0 radical (unpaired) electrons. The van der Waals surface area contributed by atoms with Crippen molar-refractivity contribution in [2.24, 2.45) is 5.73 Å². The molecule has 2 nitrogen and oxygen atoms in total. The normalized spacial score (nSPS) is 12.4. The quantitative estimate of drug-likeness (QED) is 0.848. The molecule has 108 valence electrons. The first-order valence-corrected chi connectivity index (χ1v) is 8.52. The minimum Gasteiger partial charge on any atom is -0.371 e. The summed E-state index contributed by atoms with van der Waals surface area (Å²) in [6.07, 6.45) is 1.98. The number of hydrogen-bond donors (Lipinski definition) is 1. The van der Waals surface area contributed by atoms with Gasteiger partial charge in [-0.15, -0.1) is 11.3 Å². The number of halogens is 1. The second-order valence-electron chi connectivity index (χ2n) is 5.06. The number of benzene rings is 1. The lowest BCUT2D eigenvalue weighted by atomic mass is 10.1. The van der Waals surface area contributed by atoms with Crippen molar-refractivity contribution in [2.75, 3.05) is 18.5 Å². The lowest BCUT2D eigenvalue weighted by Gasteiger charge is -2.29. The molecule has 1 atom stereocenters. The van der Waals surface area contributed by atoms with Crippen LogP contribution in [0.4, 0.5) is 5.69 Å². The lowest BCUT2D eigenvalue weighted by molar-refractivity contribution is 0.684. The van der Waals surface area contributed by atoms with Crippen molar-refractivity contribution >= 4 is 33.0 Å². The zero-order chi connectivity index (χ0) is 14.5. The van der Waals surface area contributed by atoms with E-state index in [4.69, 9.17) is 5.73 Å². The summed E-state index contributed by atoms with van der Waals surface area (Å²) in [5.74, 6) is 0. The summed E-state index contributed by atoms with van der Waals surface area (Å²) in [5, 5.41) is 2.14. The number of hydrogen-bond acceptors (Lipinski definition) is 3. The molecule has 0 aliphatic rings. The van der Waals surface area contributed by atoms with Gasteiger partial charge in [0, 0.05) is 34.5 Å². The number of thiophene rings is 1. The summed E-state index contributed by atoms with van der Waals surface area (Å²) in [7, 11) is 2.17. The maximum atomic E-state index is 5.73. The fraction of sp³-hybridized carbons (Fsp3) is 0.375. The molecule has 4 heteroatoms. The second-order valence-corrected chi connectivity index (χ2v) is 7.00. The van der Waals surface area contributed by atoms with Gasteiger partial charge in [-0.2, -0.15) is 0 Å². The predicted molar refractivity (Wildman–Crippen MR) is 92.8 cm³/mol. The molecule has 0 aliphatic heterocycles. The van der Waals surface area contributed by atoms with E-state index in [1.807, 2.05) is 11.3 Å². The average Bonchev–Trinajstić information content (AvgIpc) is 2.91. The Morgan fingerprint density at radius 1 is 1.35 bits per heavy atom. The molecule has 20 heavy (non-hydrogen) atoms. The summed E-state index contributed by atoms with van der Waals surface area (Å²) in [6.45, 7) is 2.95. The Morgan fingerprint density at radius 3 is 2.80 bits per heavy atom. The van der Waals surface area contributed by atoms with E-state index in [0.29, 0.717) is 12.6 Å². The first-order chi connectivity index (χ1) is 9.61. The Balaban J connectivity index is 2.17. The zero-order valence-corrected chi connectivity index (χ0v) is 14.4. The van der Waals surface area contributed by atoms with Crippen LogP contribution in [0.3, 0.4) is 0 Å². The Kier molecular flexibility index (Phi) is 5.64. The van der Waals surface area contributed by atoms with Gasteiger partial charge in [0.2, 0.25) is 0 Å². The van der Waals surface area contributed by atoms with Crippen molar-refractivity contribution in [3.8, 4) is 0 Å². The van der Waals surface area contributed by atoms with Crippen LogP contribution >= 0.6 is 27.3 Å². The minimum atomic E-state index is 0.464. The molecule has 1 aromatic heterocycles. The van der Waals surface area contributed by atoms with Crippen molar-refractivity contribution < 1.29 is 0 Å². The molecular formula is C16H21BrN2S. The first-order valence-electron chi connectivity index (χ1n) is 6.85. The second kappa shape index (κ2) is 7.25. The van der Waals surface area contributed by atoms with Crippen molar-refractivity contribution in [3.63, 3.8) is 0 Å². The molecule has 0 spiro atoms. The van der Waals surface area contributed by atoms with E-state index in [1.165, 1.54) is 16.1 Å². The van der Waals surface area contributed by atoms with Gasteiger partial charge >= 0.3 is 0 Å². The van der Waals surface area contributed by atoms with Crippen LogP contribution in [0.1, 0.15) is 17.4 Å². The monoisotopic (exact) mass is 352 g/mol. The fourth-order valence-corrected chi connectivity index (χ4v) is 3.58. The molecule has 0 fully saturated rings. The van der Waals surface area contributed by atoms with Gasteiger partial charge in [0.25, 0.3) is 0 Å². The van der Waals surface area contributed by atoms with Crippen LogP contribution in [0, 0.1) is 0 Å². The third kappa shape index (κ3) is 3.84. The van der Waals surface area contributed by atoms with Crippen molar-refractivity contribution in [1.29, 1.82) is 0 Å². The van der Waals surface area contributed by atoms with Gasteiger partial charge in [0.1, 0.15) is 0 Å². The van der Waals surface area contributed by atoms with E-state index >= 15 is 0 Å². The predicted octanol–water partition coefficient (Wildman–Crippen LogP) is 4.08. The highest BCUT2D eigenvalue weighted by molar-refractivity contribution is 9.10. The van der Waals surface area contributed by atoms with Crippen LogP contribution in [-0.4, -0.2) is 19.6 Å². The maximum Gasteiger partial charge on any atom is 0.0399 e. The molecule has 1 aromatic carbocycles. The molecule has 2 aromatic rings. The number of rotatable bonds is 6. The third-order valence-electron chi connectivity index (χ3n) is 3.57. The van der Waals surface area contributed by atoms with E-state index in [-0.39, 0.29) is 0 Å². The van der Waals surface area contributed by atoms with Crippen LogP contribution in [0.25, 0.3) is 0 Å². The van der Waals surface area contributed by atoms with Gasteiger partial charge in [-0.05, 0) is 55.1 Å². The van der Waals surface area contributed by atoms with E-state index in [9.17, 15) is 0 Å². The molecule has 0 saturated carbocycles. The zero-order valence-electron chi connectivity index (χ0n) is 12.0. The third-order valence-corrected chi connectivity index (χ3v) is 4.97. The molecule has 0 aliphatic carbocycles. The average molecular weight is 353 g/mol. The smallest absolute Gasteiger partial charge is 0.0399 e. The molecular weight excluding hydrogens is 332 g/mol. The van der Waals surface area contributed by atoms with E-state index < -0.39 is 0 Å². The van der Waals surface area contributed by atoms with Crippen LogP contribution in [0.2, 0.25) is 0 Å². The number of likely N-dealkylation sites (N-methyl/N-ethyl adjacent to an activating group) is 1. The van der Waals surface area contributed by atoms with Crippen LogP contribution in [-0.2, 0) is 12.8 Å². The summed E-state index contributed by atoms with van der Waals surface area (Å²) in [4.78, 5) is 3.79. The van der Waals surface area contributed by atoms with Gasteiger partial charge in [-0.3, -0.25) is 0 Å². The van der Waals surface area contributed by atoms with E-state index in [1.54, 1.807) is 0 Å². The standard InChI is InChI=1S/C16H21BrN2S/c1-12(10-15-4-3-9-20-15)19(2)16-6-5-14(17)11-13(16)7-8-18/h3-6,9,11-12H,7-8,10,18H2,1-2H3. The van der Waals surface area contributed by atoms with Crippen molar-refractivity contribution in [3.05, 3.63) is 50.6 Å². The minimum absolute atomic E-state index is 0.464. The lowest BCUT2D eigenvalue weighted by Crippen LogP contribution is -2.31. The molecule has 0 amide bonds. The number of nitrogens with two attached hydrogens (primary N) is 1. The van der Waals surface area contributed by atoms with Gasteiger partial charge in [-0.1, -0.05) is 22.0 Å². The summed E-state index contributed by atoms with van der Waals surface area (Å²) in [5.41, 5.74) is 8.32. The highest BCUT2D eigenvalue weighted by Gasteiger charge is 2.14. The molecule has 1 heterocycles. The van der Waals surface area contributed by atoms with Crippen LogP contribution in [0.15, 0.2) is 40.2 Å². The van der Waals surface area contributed by atoms with Gasteiger partial charge in [0.15, 0.2) is 0 Å². The first kappa shape index (κ1) is 15.5. The molecule has 0 bridgehead atoms. The van der Waals surface area contributed by atoms with Gasteiger partial charge < -0.3 is 10.6 Å². The van der Waals surface area contributed by atoms with Crippen LogP contribution in [0.5, 0.6) is 0 Å². The molecule has 2 N–H and O–H groups in total. The Bertz CT molecular complexity index is 539. The molecule has 0 saturated heterocycles. The molecule has 1 unspecified atom stereocenters. The highest BCUT2D eigenvalue weighted by atomic mass is 79.9. The maximum absolute atomic E-state index is 5.73. The largest absolute Gasteiger partial charge is 0.371 e. The van der Waals surface area contributed by atoms with E-state index in [2.05, 4.69) is 70.5 Å². The topological polar surface area (TPSA) is 29.3 Å². The number of anilines is 1.